The van der Waals surface area contributed by atoms with Gasteiger partial charge in [0, 0.05) is 17.4 Å². The Morgan fingerprint density at radius 2 is 1.09 bits per heavy atom. The summed E-state index contributed by atoms with van der Waals surface area (Å²) in [6.07, 6.45) is 0.313. The number of rotatable bonds is 6. The lowest BCUT2D eigenvalue weighted by molar-refractivity contribution is -0.119. The second-order valence-corrected chi connectivity index (χ2v) is 11.5. The van der Waals surface area contributed by atoms with Crippen molar-refractivity contribution in [2.45, 2.75) is 25.4 Å². The maximum absolute atomic E-state index is 14.2. The van der Waals surface area contributed by atoms with Gasteiger partial charge in [0.05, 0.1) is 28.3 Å². The van der Waals surface area contributed by atoms with E-state index in [1.807, 2.05) is 25.1 Å². The molecule has 0 aliphatic carbocycles. The molecule has 0 bridgehead atoms. The largest absolute Gasteiger partial charge is 0.308 e. The van der Waals surface area contributed by atoms with Gasteiger partial charge in [0.1, 0.15) is 13.1 Å². The van der Waals surface area contributed by atoms with Crippen molar-refractivity contribution in [3.8, 4) is 0 Å². The van der Waals surface area contributed by atoms with Crippen LogP contribution in [0.15, 0.2) is 103 Å². The zero-order valence-electron chi connectivity index (χ0n) is 24.8. The molecule has 10 nitrogen and oxygen atoms in total. The van der Waals surface area contributed by atoms with Crippen LogP contribution in [0.2, 0.25) is 0 Å². The molecule has 0 aromatic heterocycles. The summed E-state index contributed by atoms with van der Waals surface area (Å²) in [7, 11) is 0. The summed E-state index contributed by atoms with van der Waals surface area (Å²) >= 11 is 0. The second kappa shape index (κ2) is 11.2. The maximum Gasteiger partial charge on any atom is 0.262 e. The number of imide groups is 2. The van der Waals surface area contributed by atoms with Gasteiger partial charge in [0.15, 0.2) is 0 Å². The van der Waals surface area contributed by atoms with E-state index in [-0.39, 0.29) is 22.3 Å². The molecule has 46 heavy (non-hydrogen) atoms. The number of para-hydroxylation sites is 2. The maximum atomic E-state index is 14.2. The van der Waals surface area contributed by atoms with Gasteiger partial charge in [-0.05, 0) is 61.4 Å². The molecule has 3 heterocycles. The van der Waals surface area contributed by atoms with Gasteiger partial charge in [0.2, 0.25) is 11.8 Å². The van der Waals surface area contributed by atoms with Crippen LogP contribution >= 0.6 is 0 Å². The van der Waals surface area contributed by atoms with Crippen LogP contribution in [0.1, 0.15) is 66.4 Å². The van der Waals surface area contributed by atoms with E-state index in [9.17, 15) is 28.8 Å². The fraction of sp³-hybridized carbons (Fsp3) is 0.167. The SMILES string of the molecule is C[C@@H]1C[C@H](N(C(=O)CN2C(=O)c3ccccc3C2=O)c2ccccc2)c2ccccc2N1C(=O)CN1C(=O)c2ccccc2C1=O. The van der Waals surface area contributed by atoms with E-state index >= 15 is 0 Å². The van der Waals surface area contributed by atoms with E-state index in [0.717, 1.165) is 9.80 Å². The van der Waals surface area contributed by atoms with Crippen molar-refractivity contribution < 1.29 is 28.8 Å². The summed E-state index contributed by atoms with van der Waals surface area (Å²) in [5, 5.41) is 0. The zero-order valence-corrected chi connectivity index (χ0v) is 24.8. The van der Waals surface area contributed by atoms with E-state index in [2.05, 4.69) is 0 Å². The van der Waals surface area contributed by atoms with Gasteiger partial charge in [-0.2, -0.15) is 0 Å². The lowest BCUT2D eigenvalue weighted by atomic mass is 9.89. The van der Waals surface area contributed by atoms with Crippen molar-refractivity contribution in [2.75, 3.05) is 22.9 Å². The van der Waals surface area contributed by atoms with E-state index in [1.54, 1.807) is 94.7 Å². The monoisotopic (exact) mass is 612 g/mol. The molecule has 0 saturated heterocycles. The molecule has 228 valence electrons. The molecule has 7 rings (SSSR count). The number of hydrogen-bond donors (Lipinski definition) is 0. The van der Waals surface area contributed by atoms with Crippen molar-refractivity contribution in [1.82, 2.24) is 9.80 Å². The van der Waals surface area contributed by atoms with Crippen LogP contribution in [0, 0.1) is 0 Å². The molecule has 2 atom stereocenters. The highest BCUT2D eigenvalue weighted by Gasteiger charge is 2.43. The summed E-state index contributed by atoms with van der Waals surface area (Å²) in [4.78, 5) is 85.5. The molecule has 3 aliphatic heterocycles. The molecule has 10 heteroatoms. The van der Waals surface area contributed by atoms with Crippen LogP contribution in [-0.2, 0) is 9.59 Å². The van der Waals surface area contributed by atoms with E-state index < -0.39 is 60.6 Å². The van der Waals surface area contributed by atoms with E-state index in [0.29, 0.717) is 23.4 Å². The van der Waals surface area contributed by atoms with Crippen molar-refractivity contribution in [2.24, 2.45) is 0 Å². The summed E-state index contributed by atoms with van der Waals surface area (Å²) in [5.41, 5.74) is 2.84. The number of carbonyl (C=O) groups excluding carboxylic acids is 6. The van der Waals surface area contributed by atoms with Gasteiger partial charge < -0.3 is 9.80 Å². The highest BCUT2D eigenvalue weighted by molar-refractivity contribution is 6.23. The molecule has 0 saturated carbocycles. The molecule has 0 radical (unpaired) electrons. The Labute approximate surface area is 264 Å². The highest BCUT2D eigenvalue weighted by Crippen LogP contribution is 2.42. The zero-order chi connectivity index (χ0) is 32.1. The minimum atomic E-state index is -0.556. The third-order valence-corrected chi connectivity index (χ3v) is 8.79. The predicted octanol–water partition coefficient (Wildman–Crippen LogP) is 4.48. The van der Waals surface area contributed by atoms with Crippen LogP contribution in [-0.4, -0.2) is 64.4 Å². The Morgan fingerprint density at radius 3 is 1.63 bits per heavy atom. The fourth-order valence-electron chi connectivity index (χ4n) is 6.68. The first kappa shape index (κ1) is 28.8. The number of hydrogen-bond acceptors (Lipinski definition) is 6. The Balaban J connectivity index is 1.20. The first-order valence-corrected chi connectivity index (χ1v) is 14.9. The molecule has 6 amide bonds. The Bertz CT molecular complexity index is 1890. The number of amides is 6. The van der Waals surface area contributed by atoms with Gasteiger partial charge in [-0.3, -0.25) is 38.6 Å². The number of benzene rings is 4. The minimum Gasteiger partial charge on any atom is -0.308 e. The topological polar surface area (TPSA) is 115 Å². The standard InChI is InChI=1S/C36H28N4O6/c1-22-19-30(40(23-11-3-2-4-12-23)32(42)21-38-35(45)26-15-7-8-16-27(26)36(38)46)28-17-9-10-18-29(28)39(22)31(41)20-37-33(43)24-13-5-6-14-25(24)34(37)44/h2-18,22,30H,19-21H2,1H3/t22-,30+/m1/s1. The van der Waals surface area contributed by atoms with Gasteiger partial charge in [-0.1, -0.05) is 60.7 Å². The molecular weight excluding hydrogens is 584 g/mol. The van der Waals surface area contributed by atoms with Crippen LogP contribution in [0.5, 0.6) is 0 Å². The predicted molar refractivity (Wildman–Crippen MR) is 168 cm³/mol. The summed E-state index contributed by atoms with van der Waals surface area (Å²) in [5.74, 6) is -2.97. The van der Waals surface area contributed by atoms with Gasteiger partial charge in [-0.25, -0.2) is 0 Å². The Morgan fingerprint density at radius 1 is 0.630 bits per heavy atom. The lowest BCUT2D eigenvalue weighted by Crippen LogP contribution is -2.52. The normalized spacial score (nSPS) is 18.4. The van der Waals surface area contributed by atoms with Crippen molar-refractivity contribution in [3.63, 3.8) is 0 Å². The number of carbonyl (C=O) groups is 6. The molecule has 3 aliphatic rings. The van der Waals surface area contributed by atoms with Crippen molar-refractivity contribution in [1.29, 1.82) is 0 Å². The van der Waals surface area contributed by atoms with Gasteiger partial charge >= 0.3 is 0 Å². The van der Waals surface area contributed by atoms with Gasteiger partial charge in [0.25, 0.3) is 23.6 Å². The third kappa shape index (κ3) is 4.57. The average Bonchev–Trinajstić information content (AvgIpc) is 3.45. The van der Waals surface area contributed by atoms with Crippen LogP contribution < -0.4 is 9.80 Å². The summed E-state index contributed by atoms with van der Waals surface area (Å²) in [6, 6.07) is 28.2. The lowest BCUT2D eigenvalue weighted by Gasteiger charge is -2.44. The average molecular weight is 613 g/mol. The molecule has 0 fully saturated rings. The molecular formula is C36H28N4O6. The van der Waals surface area contributed by atoms with E-state index in [4.69, 9.17) is 0 Å². The summed E-state index contributed by atoms with van der Waals surface area (Å²) < 4.78 is 0. The van der Waals surface area contributed by atoms with Gasteiger partial charge in [-0.15, -0.1) is 0 Å². The summed E-state index contributed by atoms with van der Waals surface area (Å²) in [6.45, 7) is 0.953. The smallest absolute Gasteiger partial charge is 0.262 e. The Hall–Kier alpha value is -5.90. The fourth-order valence-corrected chi connectivity index (χ4v) is 6.68. The van der Waals surface area contributed by atoms with Crippen LogP contribution in [0.3, 0.4) is 0 Å². The van der Waals surface area contributed by atoms with Crippen LogP contribution in [0.25, 0.3) is 0 Å². The first-order valence-electron chi connectivity index (χ1n) is 14.9. The molecule has 0 N–H and O–H groups in total. The van der Waals surface area contributed by atoms with Crippen molar-refractivity contribution in [3.05, 3.63) is 131 Å². The third-order valence-electron chi connectivity index (χ3n) is 8.79. The minimum absolute atomic E-state index is 0.260. The molecule has 4 aromatic carbocycles. The van der Waals surface area contributed by atoms with Crippen LogP contribution in [0.4, 0.5) is 11.4 Å². The number of anilines is 2. The van der Waals surface area contributed by atoms with E-state index in [1.165, 1.54) is 0 Å². The number of fused-ring (bicyclic) bond motifs is 3. The molecule has 4 aromatic rings. The number of nitrogens with zero attached hydrogens (tertiary/aromatic N) is 4. The quantitative estimate of drug-likeness (QED) is 0.297. The first-order chi connectivity index (χ1) is 22.3. The molecule has 0 unspecified atom stereocenters. The Kier molecular flexibility index (Phi) is 7.04. The van der Waals surface area contributed by atoms with Crippen molar-refractivity contribution >= 4 is 46.8 Å². The highest BCUT2D eigenvalue weighted by atomic mass is 16.2. The molecule has 0 spiro atoms. The second-order valence-electron chi connectivity index (χ2n) is 11.5.